The van der Waals surface area contributed by atoms with E-state index in [9.17, 15) is 4.79 Å². The maximum Gasteiger partial charge on any atom is 0.251 e. The molecule has 0 aliphatic heterocycles. The van der Waals surface area contributed by atoms with Crippen LogP contribution in [0.1, 0.15) is 22.8 Å². The van der Waals surface area contributed by atoms with Crippen molar-refractivity contribution in [3.63, 3.8) is 0 Å². The first kappa shape index (κ1) is 27.5. The lowest BCUT2D eigenvalue weighted by atomic mass is 10.0. The molecule has 0 radical (unpaired) electrons. The molecule has 10 nitrogen and oxygen atoms in total. The standard InChI is InChI=1S/C29H27F2N7O3/c1-3-17-14-18(4-6-20(17)29(39)33-2)37-27-28-36-16-22(38(28)12-11-34-27)21-7-8-23(26(31)25(21)30)41-24-9-5-19(15-35-24)40-13-10-32/h4-9,11-12,14-16H,3,10,13,32H2,1-2H3,(H,33,39)(H,34,37). The average molecular weight is 560 g/mol. The Morgan fingerprint density at radius 1 is 1.05 bits per heavy atom. The van der Waals surface area contributed by atoms with E-state index in [-0.39, 0.29) is 23.1 Å². The van der Waals surface area contributed by atoms with Crippen LogP contribution in [0.5, 0.6) is 17.4 Å². The summed E-state index contributed by atoms with van der Waals surface area (Å²) in [6, 6.07) is 11.2. The number of nitrogens with zero attached hydrogens (tertiary/aromatic N) is 4. The van der Waals surface area contributed by atoms with E-state index in [2.05, 4.69) is 25.6 Å². The zero-order valence-corrected chi connectivity index (χ0v) is 22.3. The van der Waals surface area contributed by atoms with Gasteiger partial charge >= 0.3 is 0 Å². The van der Waals surface area contributed by atoms with Crippen LogP contribution in [0.15, 0.2) is 67.3 Å². The van der Waals surface area contributed by atoms with E-state index in [1.165, 1.54) is 36.8 Å². The van der Waals surface area contributed by atoms with Gasteiger partial charge in [-0.25, -0.2) is 19.3 Å². The van der Waals surface area contributed by atoms with E-state index in [0.717, 1.165) is 5.56 Å². The summed E-state index contributed by atoms with van der Waals surface area (Å²) in [6.45, 7) is 2.64. The zero-order valence-electron chi connectivity index (χ0n) is 22.3. The van der Waals surface area contributed by atoms with Crippen molar-refractivity contribution in [3.05, 3.63) is 90.0 Å². The van der Waals surface area contributed by atoms with Crippen molar-refractivity contribution in [1.82, 2.24) is 24.7 Å². The fourth-order valence-electron chi connectivity index (χ4n) is 4.27. The van der Waals surface area contributed by atoms with E-state index in [1.54, 1.807) is 35.8 Å². The molecule has 1 amide bonds. The van der Waals surface area contributed by atoms with Crippen LogP contribution in [0, 0.1) is 11.6 Å². The van der Waals surface area contributed by atoms with E-state index >= 15 is 8.78 Å². The van der Waals surface area contributed by atoms with Crippen molar-refractivity contribution in [2.24, 2.45) is 5.73 Å². The maximum atomic E-state index is 15.3. The van der Waals surface area contributed by atoms with Crippen LogP contribution < -0.4 is 25.8 Å². The van der Waals surface area contributed by atoms with Crippen molar-refractivity contribution >= 4 is 23.1 Å². The third kappa shape index (κ3) is 5.63. The molecule has 0 bridgehead atoms. The molecule has 0 unspecified atom stereocenters. The third-order valence-corrected chi connectivity index (χ3v) is 6.28. The molecule has 0 spiro atoms. The van der Waals surface area contributed by atoms with E-state index in [4.69, 9.17) is 15.2 Å². The fraction of sp³-hybridized carbons (Fsp3) is 0.172. The summed E-state index contributed by atoms with van der Waals surface area (Å²) >= 11 is 0. The third-order valence-electron chi connectivity index (χ3n) is 6.28. The molecule has 0 aliphatic carbocycles. The van der Waals surface area contributed by atoms with Crippen LogP contribution in [0.4, 0.5) is 20.3 Å². The Kier molecular flexibility index (Phi) is 8.01. The summed E-state index contributed by atoms with van der Waals surface area (Å²) < 4.78 is 42.8. The number of nitrogens with one attached hydrogen (secondary N) is 2. The number of aromatic nitrogens is 4. The average Bonchev–Trinajstić information content (AvgIpc) is 3.43. The lowest BCUT2D eigenvalue weighted by Gasteiger charge is -2.12. The van der Waals surface area contributed by atoms with Crippen LogP contribution >= 0.6 is 0 Å². The highest BCUT2D eigenvalue weighted by atomic mass is 19.2. The van der Waals surface area contributed by atoms with Gasteiger partial charge in [-0.15, -0.1) is 0 Å². The number of ether oxygens (including phenoxy) is 2. The predicted octanol–water partition coefficient (Wildman–Crippen LogP) is 4.86. The number of pyridine rings is 1. The molecule has 5 aromatic rings. The van der Waals surface area contributed by atoms with Gasteiger partial charge < -0.3 is 25.8 Å². The quantitative estimate of drug-likeness (QED) is 0.221. The highest BCUT2D eigenvalue weighted by Gasteiger charge is 2.20. The topological polar surface area (TPSA) is 129 Å². The Balaban J connectivity index is 1.41. The Morgan fingerprint density at radius 3 is 2.63 bits per heavy atom. The molecule has 0 atom stereocenters. The molecule has 0 aliphatic rings. The monoisotopic (exact) mass is 559 g/mol. The SMILES string of the molecule is CCc1cc(Nc2nccn3c(-c4ccc(Oc5ccc(OCCN)cn5)c(F)c4F)cnc23)ccc1C(=O)NC. The first-order chi connectivity index (χ1) is 19.9. The van der Waals surface area contributed by atoms with E-state index < -0.39 is 11.6 Å². The lowest BCUT2D eigenvalue weighted by molar-refractivity contribution is 0.0962. The van der Waals surface area contributed by atoms with Gasteiger partial charge in [-0.3, -0.25) is 9.20 Å². The number of fused-ring (bicyclic) bond motifs is 1. The number of carbonyl (C=O) groups is 1. The Bertz CT molecular complexity index is 1710. The predicted molar refractivity (Wildman–Crippen MR) is 150 cm³/mol. The number of hydrogen-bond acceptors (Lipinski definition) is 8. The summed E-state index contributed by atoms with van der Waals surface area (Å²) in [5.41, 5.74) is 8.26. The van der Waals surface area contributed by atoms with Gasteiger partial charge in [0.1, 0.15) is 12.4 Å². The molecule has 3 heterocycles. The Morgan fingerprint density at radius 2 is 1.90 bits per heavy atom. The number of benzene rings is 2. The molecule has 210 valence electrons. The first-order valence-corrected chi connectivity index (χ1v) is 12.8. The first-order valence-electron chi connectivity index (χ1n) is 12.8. The van der Waals surface area contributed by atoms with Crippen molar-refractivity contribution in [3.8, 4) is 28.6 Å². The number of aryl methyl sites for hydroxylation is 1. The van der Waals surface area contributed by atoms with Gasteiger partial charge in [0.25, 0.3) is 5.91 Å². The number of anilines is 2. The molecule has 41 heavy (non-hydrogen) atoms. The number of nitrogens with two attached hydrogens (primary N) is 1. The summed E-state index contributed by atoms with van der Waals surface area (Å²) in [5.74, 6) is -1.80. The van der Waals surface area contributed by atoms with Crippen LogP contribution in [-0.2, 0) is 6.42 Å². The zero-order chi connectivity index (χ0) is 28.9. The van der Waals surface area contributed by atoms with Gasteiger partial charge in [0.15, 0.2) is 23.0 Å². The number of rotatable bonds is 10. The summed E-state index contributed by atoms with van der Waals surface area (Å²) in [5, 5.41) is 5.85. The smallest absolute Gasteiger partial charge is 0.251 e. The van der Waals surface area contributed by atoms with Gasteiger partial charge in [0, 0.05) is 48.9 Å². The molecule has 0 fully saturated rings. The van der Waals surface area contributed by atoms with Gasteiger partial charge in [-0.2, -0.15) is 4.39 Å². The summed E-state index contributed by atoms with van der Waals surface area (Å²) in [6.07, 6.45) is 6.63. The minimum atomic E-state index is -1.17. The molecule has 2 aromatic carbocycles. The van der Waals surface area contributed by atoms with Gasteiger partial charge in [-0.1, -0.05) is 6.92 Å². The van der Waals surface area contributed by atoms with E-state index in [0.29, 0.717) is 53.7 Å². The molecule has 0 saturated carbocycles. The fourth-order valence-corrected chi connectivity index (χ4v) is 4.27. The molecule has 5 rings (SSSR count). The second kappa shape index (κ2) is 12.0. The summed E-state index contributed by atoms with van der Waals surface area (Å²) in [4.78, 5) is 25.0. The lowest BCUT2D eigenvalue weighted by Crippen LogP contribution is -2.19. The van der Waals surface area contributed by atoms with Crippen LogP contribution in [0.3, 0.4) is 0 Å². The Hall–Kier alpha value is -5.10. The molecule has 0 saturated heterocycles. The van der Waals surface area contributed by atoms with Gasteiger partial charge in [0.05, 0.1) is 18.1 Å². The van der Waals surface area contributed by atoms with Crippen molar-refractivity contribution in [2.75, 3.05) is 25.5 Å². The summed E-state index contributed by atoms with van der Waals surface area (Å²) in [7, 11) is 1.58. The van der Waals surface area contributed by atoms with Crippen molar-refractivity contribution in [2.45, 2.75) is 13.3 Å². The van der Waals surface area contributed by atoms with Crippen LogP contribution in [-0.4, -0.2) is 45.5 Å². The maximum absolute atomic E-state index is 15.3. The highest BCUT2D eigenvalue weighted by Crippen LogP contribution is 2.33. The van der Waals surface area contributed by atoms with Crippen LogP contribution in [0.25, 0.3) is 16.9 Å². The van der Waals surface area contributed by atoms with Gasteiger partial charge in [0.2, 0.25) is 11.7 Å². The van der Waals surface area contributed by atoms with Crippen molar-refractivity contribution < 1.29 is 23.0 Å². The molecule has 4 N–H and O–H groups in total. The second-order valence-electron chi connectivity index (χ2n) is 8.85. The molecular weight excluding hydrogens is 532 g/mol. The van der Waals surface area contributed by atoms with E-state index in [1.807, 2.05) is 13.0 Å². The number of carbonyl (C=O) groups excluding carboxylic acids is 1. The largest absolute Gasteiger partial charge is 0.491 e. The number of halogens is 2. The number of amides is 1. The highest BCUT2D eigenvalue weighted by molar-refractivity contribution is 5.96. The Labute approximate surface area is 234 Å². The second-order valence-corrected chi connectivity index (χ2v) is 8.85. The van der Waals surface area contributed by atoms with Crippen LogP contribution in [0.2, 0.25) is 0 Å². The molecule has 12 heteroatoms. The molecule has 3 aromatic heterocycles. The minimum absolute atomic E-state index is 0.0128. The molecular formula is C29H27F2N7O3. The van der Waals surface area contributed by atoms with Crippen molar-refractivity contribution in [1.29, 1.82) is 0 Å². The van der Waals surface area contributed by atoms with Gasteiger partial charge in [-0.05, 0) is 48.4 Å². The number of imidazole rings is 1. The minimum Gasteiger partial charge on any atom is -0.491 e. The normalized spacial score (nSPS) is 11.0. The number of hydrogen-bond donors (Lipinski definition) is 3.